The molecule has 0 aliphatic carbocycles. The highest BCUT2D eigenvalue weighted by molar-refractivity contribution is 7.99. The highest BCUT2D eigenvalue weighted by Gasteiger charge is 2.03. The molecule has 0 aliphatic heterocycles. The van der Waals surface area contributed by atoms with E-state index in [1.807, 2.05) is 30.1 Å². The zero-order chi connectivity index (χ0) is 12.1. The SMILES string of the molecule is CCSCCC(C)Nc1ccn2nccc2n1. The van der Waals surface area contributed by atoms with Gasteiger partial charge in [-0.15, -0.1) is 0 Å². The monoisotopic (exact) mass is 250 g/mol. The molecule has 0 aliphatic rings. The summed E-state index contributed by atoms with van der Waals surface area (Å²) in [5.41, 5.74) is 0.880. The van der Waals surface area contributed by atoms with Crippen LogP contribution in [0.25, 0.3) is 5.65 Å². The summed E-state index contributed by atoms with van der Waals surface area (Å²) >= 11 is 1.98. The number of fused-ring (bicyclic) bond motifs is 1. The number of nitrogens with one attached hydrogen (secondary N) is 1. The molecule has 0 saturated heterocycles. The summed E-state index contributed by atoms with van der Waals surface area (Å²) < 4.78 is 1.77. The van der Waals surface area contributed by atoms with Crippen molar-refractivity contribution in [2.75, 3.05) is 16.8 Å². The molecule has 0 saturated carbocycles. The highest BCUT2D eigenvalue weighted by Crippen LogP contribution is 2.10. The van der Waals surface area contributed by atoms with Gasteiger partial charge in [-0.1, -0.05) is 6.92 Å². The van der Waals surface area contributed by atoms with Gasteiger partial charge in [0.2, 0.25) is 0 Å². The standard InChI is InChI=1S/C12H18N4S/c1-3-17-9-6-10(2)14-11-5-8-16-12(15-11)4-7-13-16/h4-5,7-8,10H,3,6,9H2,1-2H3,(H,14,15). The molecule has 2 aromatic heterocycles. The molecule has 0 amide bonds. The van der Waals surface area contributed by atoms with E-state index in [0.29, 0.717) is 6.04 Å². The zero-order valence-corrected chi connectivity index (χ0v) is 11.1. The van der Waals surface area contributed by atoms with Crippen LogP contribution < -0.4 is 5.32 Å². The van der Waals surface area contributed by atoms with Crippen molar-refractivity contribution in [3.63, 3.8) is 0 Å². The summed E-state index contributed by atoms with van der Waals surface area (Å²) in [5.74, 6) is 3.30. The molecule has 1 unspecified atom stereocenters. The molecule has 92 valence electrons. The topological polar surface area (TPSA) is 42.2 Å². The first kappa shape index (κ1) is 12.2. The Kier molecular flexibility index (Phi) is 4.25. The molecule has 0 fully saturated rings. The fourth-order valence-corrected chi connectivity index (χ4v) is 2.43. The van der Waals surface area contributed by atoms with E-state index in [9.17, 15) is 0 Å². The van der Waals surface area contributed by atoms with Gasteiger partial charge < -0.3 is 5.32 Å². The van der Waals surface area contributed by atoms with Crippen molar-refractivity contribution in [3.05, 3.63) is 24.5 Å². The number of thioether (sulfide) groups is 1. The van der Waals surface area contributed by atoms with Crippen LogP contribution in [0.2, 0.25) is 0 Å². The van der Waals surface area contributed by atoms with Gasteiger partial charge in [-0.05, 0) is 30.9 Å². The van der Waals surface area contributed by atoms with Crippen molar-refractivity contribution in [1.82, 2.24) is 14.6 Å². The van der Waals surface area contributed by atoms with Gasteiger partial charge in [0.15, 0.2) is 5.65 Å². The van der Waals surface area contributed by atoms with Crippen LogP contribution in [0.3, 0.4) is 0 Å². The van der Waals surface area contributed by atoms with E-state index in [1.165, 1.54) is 11.5 Å². The summed E-state index contributed by atoms with van der Waals surface area (Å²) in [4.78, 5) is 4.49. The van der Waals surface area contributed by atoms with Gasteiger partial charge in [0, 0.05) is 18.3 Å². The third kappa shape index (κ3) is 3.36. The van der Waals surface area contributed by atoms with E-state index in [4.69, 9.17) is 0 Å². The lowest BCUT2D eigenvalue weighted by atomic mass is 10.2. The van der Waals surface area contributed by atoms with Crippen LogP contribution in [0.1, 0.15) is 20.3 Å². The summed E-state index contributed by atoms with van der Waals surface area (Å²) in [7, 11) is 0. The van der Waals surface area contributed by atoms with Crippen LogP contribution in [0, 0.1) is 0 Å². The maximum atomic E-state index is 4.49. The molecule has 0 spiro atoms. The average Bonchev–Trinajstić information content (AvgIpc) is 2.76. The van der Waals surface area contributed by atoms with Crippen LogP contribution >= 0.6 is 11.8 Å². The lowest BCUT2D eigenvalue weighted by Crippen LogP contribution is -2.17. The van der Waals surface area contributed by atoms with Crippen LogP contribution in [-0.4, -0.2) is 32.1 Å². The number of hydrogen-bond donors (Lipinski definition) is 1. The van der Waals surface area contributed by atoms with Gasteiger partial charge in [-0.3, -0.25) is 0 Å². The van der Waals surface area contributed by atoms with E-state index in [2.05, 4.69) is 29.2 Å². The summed E-state index contributed by atoms with van der Waals surface area (Å²) in [6.07, 6.45) is 4.84. The maximum Gasteiger partial charge on any atom is 0.157 e. The zero-order valence-electron chi connectivity index (χ0n) is 10.3. The van der Waals surface area contributed by atoms with E-state index in [0.717, 1.165) is 17.9 Å². The molecule has 0 aromatic carbocycles. The largest absolute Gasteiger partial charge is 0.367 e. The summed E-state index contributed by atoms with van der Waals surface area (Å²) in [6, 6.07) is 4.32. The Balaban J connectivity index is 1.93. The van der Waals surface area contributed by atoms with E-state index in [1.54, 1.807) is 10.7 Å². The summed E-state index contributed by atoms with van der Waals surface area (Å²) in [5, 5.41) is 7.54. The van der Waals surface area contributed by atoms with Crippen LogP contribution in [0.5, 0.6) is 0 Å². The Bertz CT molecular complexity index is 468. The first-order valence-electron chi connectivity index (χ1n) is 5.94. The van der Waals surface area contributed by atoms with Gasteiger partial charge in [0.25, 0.3) is 0 Å². The van der Waals surface area contributed by atoms with E-state index in [-0.39, 0.29) is 0 Å². The smallest absolute Gasteiger partial charge is 0.157 e. The maximum absolute atomic E-state index is 4.49. The van der Waals surface area contributed by atoms with Gasteiger partial charge >= 0.3 is 0 Å². The number of anilines is 1. The Morgan fingerprint density at radius 1 is 1.47 bits per heavy atom. The second kappa shape index (κ2) is 5.91. The molecule has 4 nitrogen and oxygen atoms in total. The molecule has 17 heavy (non-hydrogen) atoms. The molecular formula is C12H18N4S. The van der Waals surface area contributed by atoms with Gasteiger partial charge in [-0.2, -0.15) is 16.9 Å². The third-order valence-corrected chi connectivity index (χ3v) is 3.48. The van der Waals surface area contributed by atoms with Crippen molar-refractivity contribution in [2.45, 2.75) is 26.3 Å². The second-order valence-electron chi connectivity index (χ2n) is 3.98. The Morgan fingerprint density at radius 3 is 3.18 bits per heavy atom. The van der Waals surface area contributed by atoms with Gasteiger partial charge in [0.05, 0.1) is 6.20 Å². The first-order valence-corrected chi connectivity index (χ1v) is 7.09. The van der Waals surface area contributed by atoms with Crippen LogP contribution in [0.15, 0.2) is 24.5 Å². The van der Waals surface area contributed by atoms with Gasteiger partial charge in [-0.25, -0.2) is 9.50 Å². The molecule has 1 atom stereocenters. The lowest BCUT2D eigenvalue weighted by Gasteiger charge is -2.13. The van der Waals surface area contributed by atoms with Gasteiger partial charge in [0.1, 0.15) is 5.82 Å². The third-order valence-electron chi connectivity index (χ3n) is 2.55. The van der Waals surface area contributed by atoms with Crippen molar-refractivity contribution < 1.29 is 0 Å². The quantitative estimate of drug-likeness (QED) is 0.800. The Morgan fingerprint density at radius 2 is 2.35 bits per heavy atom. The number of rotatable bonds is 6. The van der Waals surface area contributed by atoms with Crippen molar-refractivity contribution in [3.8, 4) is 0 Å². The normalized spacial score (nSPS) is 12.8. The van der Waals surface area contributed by atoms with E-state index >= 15 is 0 Å². The molecule has 2 rings (SSSR count). The second-order valence-corrected chi connectivity index (χ2v) is 5.37. The fraction of sp³-hybridized carbons (Fsp3) is 0.500. The molecule has 5 heteroatoms. The number of nitrogens with zero attached hydrogens (tertiary/aromatic N) is 3. The molecular weight excluding hydrogens is 232 g/mol. The number of aromatic nitrogens is 3. The van der Waals surface area contributed by atoms with Crippen molar-refractivity contribution in [2.24, 2.45) is 0 Å². The lowest BCUT2D eigenvalue weighted by molar-refractivity contribution is 0.765. The minimum Gasteiger partial charge on any atom is -0.367 e. The predicted octanol–water partition coefficient (Wildman–Crippen LogP) is 2.67. The van der Waals surface area contributed by atoms with Crippen molar-refractivity contribution >= 4 is 23.2 Å². The minimum absolute atomic E-state index is 0.451. The van der Waals surface area contributed by atoms with Crippen LogP contribution in [-0.2, 0) is 0 Å². The molecule has 0 radical (unpaired) electrons. The van der Waals surface area contributed by atoms with Crippen molar-refractivity contribution in [1.29, 1.82) is 0 Å². The fourth-order valence-electron chi connectivity index (χ4n) is 1.62. The highest BCUT2D eigenvalue weighted by atomic mass is 32.2. The Labute approximate surface area is 106 Å². The minimum atomic E-state index is 0.451. The van der Waals surface area contributed by atoms with E-state index < -0.39 is 0 Å². The molecule has 2 heterocycles. The Hall–Kier alpha value is -1.23. The summed E-state index contributed by atoms with van der Waals surface area (Å²) in [6.45, 7) is 4.39. The van der Waals surface area contributed by atoms with Crippen LogP contribution in [0.4, 0.5) is 5.82 Å². The molecule has 0 bridgehead atoms. The molecule has 1 N–H and O–H groups in total. The number of hydrogen-bond acceptors (Lipinski definition) is 4. The predicted molar refractivity (Wildman–Crippen MR) is 73.7 cm³/mol. The first-order chi connectivity index (χ1) is 8.29. The molecule has 2 aromatic rings. The average molecular weight is 250 g/mol.